The van der Waals surface area contributed by atoms with E-state index in [0.717, 1.165) is 64.9 Å². The van der Waals surface area contributed by atoms with Gasteiger partial charge in [0.15, 0.2) is 0 Å². The predicted molar refractivity (Wildman–Crippen MR) is 151 cm³/mol. The molecular formula is C30H32N6O. The van der Waals surface area contributed by atoms with Crippen LogP contribution in [0.2, 0.25) is 0 Å². The Labute approximate surface area is 216 Å². The minimum atomic E-state index is 0.0242. The third-order valence-electron chi connectivity index (χ3n) is 7.27. The van der Waals surface area contributed by atoms with Crippen molar-refractivity contribution in [1.29, 1.82) is 0 Å². The topological polar surface area (TPSA) is 89.7 Å². The van der Waals surface area contributed by atoms with Crippen molar-refractivity contribution in [3.05, 3.63) is 60.9 Å². The van der Waals surface area contributed by atoms with E-state index in [4.69, 9.17) is 0 Å². The third-order valence-corrected chi connectivity index (χ3v) is 7.27. The second-order valence-electron chi connectivity index (χ2n) is 9.92. The fourth-order valence-corrected chi connectivity index (χ4v) is 5.30. The van der Waals surface area contributed by atoms with Crippen molar-refractivity contribution in [3.63, 3.8) is 0 Å². The number of nitrogens with zero attached hydrogens (tertiary/aromatic N) is 3. The Bertz CT molecular complexity index is 1560. The average molecular weight is 493 g/mol. The summed E-state index contributed by atoms with van der Waals surface area (Å²) in [6.07, 6.45) is 9.74. The number of nitrogens with one attached hydrogen (secondary N) is 3. The van der Waals surface area contributed by atoms with Crippen LogP contribution in [0.5, 0.6) is 0 Å². The molecule has 0 radical (unpaired) electrons. The number of anilines is 2. The van der Waals surface area contributed by atoms with Gasteiger partial charge in [-0.1, -0.05) is 25.5 Å². The quantitative estimate of drug-likeness (QED) is 0.231. The van der Waals surface area contributed by atoms with E-state index < -0.39 is 0 Å². The average Bonchev–Trinajstić information content (AvgIpc) is 3.56. The van der Waals surface area contributed by atoms with Crippen molar-refractivity contribution < 1.29 is 4.79 Å². The molecule has 0 spiro atoms. The Morgan fingerprint density at radius 3 is 2.73 bits per heavy atom. The number of rotatable bonds is 7. The van der Waals surface area contributed by atoms with Gasteiger partial charge in [-0.15, -0.1) is 0 Å². The normalized spacial score (nSPS) is 13.9. The minimum Gasteiger partial charge on any atom is -0.371 e. The van der Waals surface area contributed by atoms with E-state index in [2.05, 4.69) is 79.8 Å². The van der Waals surface area contributed by atoms with Crippen LogP contribution in [0.3, 0.4) is 0 Å². The van der Waals surface area contributed by atoms with Crippen LogP contribution in [0, 0.1) is 0 Å². The van der Waals surface area contributed by atoms with Gasteiger partial charge in [0.05, 0.1) is 23.1 Å². The number of pyridine rings is 1. The molecule has 5 aromatic rings. The van der Waals surface area contributed by atoms with Gasteiger partial charge in [0.2, 0.25) is 5.91 Å². The van der Waals surface area contributed by atoms with E-state index in [0.29, 0.717) is 12.1 Å². The van der Waals surface area contributed by atoms with E-state index in [1.807, 2.05) is 12.3 Å². The molecule has 0 bridgehead atoms. The summed E-state index contributed by atoms with van der Waals surface area (Å²) in [6.45, 7) is 4.31. The zero-order valence-electron chi connectivity index (χ0n) is 21.2. The monoisotopic (exact) mass is 492 g/mol. The number of amides is 1. The van der Waals surface area contributed by atoms with Gasteiger partial charge in [-0.2, -0.15) is 5.10 Å². The number of carbonyl (C=O) groups excluding carboxylic acids is 1. The lowest BCUT2D eigenvalue weighted by atomic mass is 10.0. The third kappa shape index (κ3) is 4.69. The maximum Gasteiger partial charge on any atom is 0.224 e. The van der Waals surface area contributed by atoms with Crippen molar-refractivity contribution in [1.82, 2.24) is 20.2 Å². The molecule has 0 saturated carbocycles. The number of aromatic amines is 2. The molecule has 0 atom stereocenters. The molecular weight excluding hydrogens is 460 g/mol. The molecule has 188 valence electrons. The maximum atomic E-state index is 12.2. The number of H-pyrrole nitrogens is 2. The highest BCUT2D eigenvalue weighted by Gasteiger charge is 2.17. The number of fused-ring (bicyclic) bond motifs is 2. The summed E-state index contributed by atoms with van der Waals surface area (Å²) >= 11 is 0. The first-order valence-electron chi connectivity index (χ1n) is 13.3. The molecule has 1 fully saturated rings. The Hall–Kier alpha value is -4.13. The van der Waals surface area contributed by atoms with Gasteiger partial charge >= 0.3 is 0 Å². The smallest absolute Gasteiger partial charge is 0.224 e. The second kappa shape index (κ2) is 10.1. The van der Waals surface area contributed by atoms with E-state index in [9.17, 15) is 4.79 Å². The summed E-state index contributed by atoms with van der Waals surface area (Å²) in [5.74, 6) is 0.0242. The van der Waals surface area contributed by atoms with Crippen LogP contribution in [-0.2, 0) is 4.79 Å². The summed E-state index contributed by atoms with van der Waals surface area (Å²) in [4.78, 5) is 22.7. The zero-order chi connectivity index (χ0) is 25.2. The van der Waals surface area contributed by atoms with Crippen LogP contribution in [-0.4, -0.2) is 39.2 Å². The fourth-order valence-electron chi connectivity index (χ4n) is 5.30. The number of carbonyl (C=O) groups is 1. The van der Waals surface area contributed by atoms with Crippen molar-refractivity contribution in [3.8, 4) is 22.5 Å². The maximum absolute atomic E-state index is 12.2. The Kier molecular flexibility index (Phi) is 6.35. The SMILES string of the molecule is CCCCC(=O)Nc1cncc(-c2ccc3[nH]nc(-c4cc5c(N6CCCCC6)cccc5[nH]4)c3c2)c1. The second-order valence-corrected chi connectivity index (χ2v) is 9.92. The van der Waals surface area contributed by atoms with Crippen LogP contribution in [0.4, 0.5) is 11.4 Å². The van der Waals surface area contributed by atoms with Crippen LogP contribution < -0.4 is 10.2 Å². The Morgan fingerprint density at radius 1 is 0.973 bits per heavy atom. The van der Waals surface area contributed by atoms with Crippen LogP contribution >= 0.6 is 0 Å². The van der Waals surface area contributed by atoms with E-state index in [1.165, 1.54) is 30.3 Å². The van der Waals surface area contributed by atoms with Crippen molar-refractivity contribution in [2.75, 3.05) is 23.3 Å². The first kappa shape index (κ1) is 23.3. The highest BCUT2D eigenvalue weighted by atomic mass is 16.1. The molecule has 6 rings (SSSR count). The van der Waals surface area contributed by atoms with Gasteiger partial charge in [-0.3, -0.25) is 14.9 Å². The van der Waals surface area contributed by atoms with Crippen LogP contribution in [0.1, 0.15) is 45.4 Å². The molecule has 3 aromatic heterocycles. The van der Waals surface area contributed by atoms with Crippen LogP contribution in [0.25, 0.3) is 44.3 Å². The summed E-state index contributed by atoms with van der Waals surface area (Å²) in [5.41, 5.74) is 7.99. The lowest BCUT2D eigenvalue weighted by molar-refractivity contribution is -0.116. The van der Waals surface area contributed by atoms with Gasteiger partial charge < -0.3 is 15.2 Å². The highest BCUT2D eigenvalue weighted by Crippen LogP contribution is 2.35. The number of hydrogen-bond donors (Lipinski definition) is 3. The standard InChI is InChI=1S/C30H32N6O/c1-2-3-10-29(37)32-22-15-21(18-31-19-22)20-11-12-26-24(16-20)30(35-34-26)27-17-23-25(33-27)8-7-9-28(23)36-13-5-4-6-14-36/h7-9,11-12,15-19,33H,2-6,10,13-14H2,1H3,(H,32,37)(H,34,35). The van der Waals surface area contributed by atoms with Gasteiger partial charge in [-0.25, -0.2) is 0 Å². The molecule has 4 heterocycles. The highest BCUT2D eigenvalue weighted by molar-refractivity contribution is 6.01. The number of benzene rings is 2. The van der Waals surface area contributed by atoms with Crippen LogP contribution in [0.15, 0.2) is 60.9 Å². The Morgan fingerprint density at radius 2 is 1.86 bits per heavy atom. The zero-order valence-corrected chi connectivity index (χ0v) is 21.2. The van der Waals surface area contributed by atoms with Gasteiger partial charge in [0, 0.05) is 53.2 Å². The molecule has 7 nitrogen and oxygen atoms in total. The Balaban J connectivity index is 1.34. The summed E-state index contributed by atoms with van der Waals surface area (Å²) < 4.78 is 0. The molecule has 2 aromatic carbocycles. The van der Waals surface area contributed by atoms with E-state index >= 15 is 0 Å². The van der Waals surface area contributed by atoms with E-state index in [-0.39, 0.29) is 5.91 Å². The lowest BCUT2D eigenvalue weighted by Gasteiger charge is -2.29. The first-order chi connectivity index (χ1) is 18.2. The van der Waals surface area contributed by atoms with Gasteiger partial charge in [-0.05, 0) is 67.6 Å². The van der Waals surface area contributed by atoms with Crippen molar-refractivity contribution in [2.24, 2.45) is 0 Å². The summed E-state index contributed by atoms with van der Waals surface area (Å²) in [7, 11) is 0. The van der Waals surface area contributed by atoms with Gasteiger partial charge in [0.25, 0.3) is 0 Å². The largest absolute Gasteiger partial charge is 0.371 e. The number of hydrogen-bond acceptors (Lipinski definition) is 4. The molecule has 0 unspecified atom stereocenters. The molecule has 1 amide bonds. The fraction of sp³-hybridized carbons (Fsp3) is 0.300. The summed E-state index contributed by atoms with van der Waals surface area (Å²) in [6, 6.07) is 17.0. The van der Waals surface area contributed by atoms with Crippen molar-refractivity contribution in [2.45, 2.75) is 45.4 Å². The summed E-state index contributed by atoms with van der Waals surface area (Å²) in [5, 5.41) is 13.1. The lowest BCUT2D eigenvalue weighted by Crippen LogP contribution is -2.29. The molecule has 1 aliphatic rings. The van der Waals surface area contributed by atoms with E-state index in [1.54, 1.807) is 6.20 Å². The minimum absolute atomic E-state index is 0.0242. The molecule has 1 saturated heterocycles. The van der Waals surface area contributed by atoms with Crippen molar-refractivity contribution >= 4 is 39.1 Å². The molecule has 37 heavy (non-hydrogen) atoms. The molecule has 3 N–H and O–H groups in total. The number of aromatic nitrogens is 4. The van der Waals surface area contributed by atoms with Gasteiger partial charge in [0.1, 0.15) is 5.69 Å². The number of unbranched alkanes of at least 4 members (excludes halogenated alkanes) is 1. The first-order valence-corrected chi connectivity index (χ1v) is 13.3. The molecule has 0 aliphatic carbocycles. The number of piperidine rings is 1. The predicted octanol–water partition coefficient (Wildman–Crippen LogP) is 6.89. The molecule has 1 aliphatic heterocycles. The molecule has 7 heteroatoms.